The summed E-state index contributed by atoms with van der Waals surface area (Å²) in [5.74, 6) is -0.0612. The van der Waals surface area contributed by atoms with Crippen LogP contribution in [0.4, 0.5) is 10.1 Å². The van der Waals surface area contributed by atoms with E-state index < -0.39 is 0 Å². The van der Waals surface area contributed by atoms with E-state index in [1.165, 1.54) is 6.07 Å². The Morgan fingerprint density at radius 3 is 2.58 bits per heavy atom. The molecule has 100 valence electrons. The van der Waals surface area contributed by atoms with Crippen molar-refractivity contribution in [3.63, 3.8) is 0 Å². The van der Waals surface area contributed by atoms with Gasteiger partial charge in [0.15, 0.2) is 0 Å². The molecular formula is C15H15ClFNO. The number of aromatic hydroxyl groups is 1. The second-order valence-corrected chi connectivity index (χ2v) is 4.98. The van der Waals surface area contributed by atoms with Gasteiger partial charge in [0.2, 0.25) is 0 Å². The van der Waals surface area contributed by atoms with Gasteiger partial charge in [-0.05, 0) is 49.2 Å². The molecule has 0 radical (unpaired) electrons. The molecule has 0 saturated heterocycles. The topological polar surface area (TPSA) is 32.3 Å². The number of phenolic OH excluding ortho intramolecular Hbond substituents is 1. The molecule has 0 aromatic heterocycles. The predicted molar refractivity (Wildman–Crippen MR) is 76.3 cm³/mol. The minimum absolute atomic E-state index is 0.265. The van der Waals surface area contributed by atoms with Crippen LogP contribution in [-0.2, 0) is 6.54 Å². The average molecular weight is 280 g/mol. The standard InChI is InChI=1S/C15H15ClFNO/c1-9-6-15(19)10(2)5-14(9)18-8-11-3-4-12(16)7-13(11)17/h3-7,18-19H,8H2,1-2H3. The van der Waals surface area contributed by atoms with E-state index in [1.54, 1.807) is 18.2 Å². The van der Waals surface area contributed by atoms with Gasteiger partial charge in [0.1, 0.15) is 11.6 Å². The summed E-state index contributed by atoms with van der Waals surface area (Å²) in [5.41, 5.74) is 3.13. The van der Waals surface area contributed by atoms with Crippen LogP contribution >= 0.6 is 11.6 Å². The third-order valence-electron chi connectivity index (χ3n) is 3.03. The van der Waals surface area contributed by atoms with Gasteiger partial charge >= 0.3 is 0 Å². The van der Waals surface area contributed by atoms with Crippen LogP contribution in [0.3, 0.4) is 0 Å². The molecule has 2 nitrogen and oxygen atoms in total. The van der Waals surface area contributed by atoms with Crippen LogP contribution in [-0.4, -0.2) is 5.11 Å². The first-order valence-electron chi connectivity index (χ1n) is 5.95. The SMILES string of the molecule is Cc1cc(NCc2ccc(Cl)cc2F)c(C)cc1O. The molecule has 0 aliphatic rings. The van der Waals surface area contributed by atoms with Gasteiger partial charge in [-0.2, -0.15) is 0 Å². The third kappa shape index (κ3) is 3.18. The fourth-order valence-corrected chi connectivity index (χ4v) is 2.01. The zero-order valence-electron chi connectivity index (χ0n) is 10.8. The van der Waals surface area contributed by atoms with Crippen molar-refractivity contribution in [2.24, 2.45) is 0 Å². The van der Waals surface area contributed by atoms with Gasteiger partial charge in [-0.3, -0.25) is 0 Å². The Labute approximate surface area is 116 Å². The Morgan fingerprint density at radius 1 is 1.16 bits per heavy atom. The fourth-order valence-electron chi connectivity index (χ4n) is 1.85. The minimum atomic E-state index is -0.326. The van der Waals surface area contributed by atoms with E-state index in [1.807, 2.05) is 19.9 Å². The molecule has 0 bridgehead atoms. The van der Waals surface area contributed by atoms with Crippen molar-refractivity contribution >= 4 is 17.3 Å². The summed E-state index contributed by atoms with van der Waals surface area (Å²) in [4.78, 5) is 0. The zero-order chi connectivity index (χ0) is 14.0. The molecule has 0 aliphatic carbocycles. The largest absolute Gasteiger partial charge is 0.508 e. The van der Waals surface area contributed by atoms with Crippen molar-refractivity contribution in [2.75, 3.05) is 5.32 Å². The van der Waals surface area contributed by atoms with Crippen molar-refractivity contribution in [3.05, 3.63) is 57.9 Å². The molecule has 0 aliphatic heterocycles. The van der Waals surface area contributed by atoms with Crippen molar-refractivity contribution in [1.82, 2.24) is 0 Å². The monoisotopic (exact) mass is 279 g/mol. The van der Waals surface area contributed by atoms with Crippen molar-refractivity contribution in [2.45, 2.75) is 20.4 Å². The highest BCUT2D eigenvalue weighted by Crippen LogP contribution is 2.25. The molecule has 4 heteroatoms. The van der Waals surface area contributed by atoms with Gasteiger partial charge in [0, 0.05) is 22.8 Å². The number of anilines is 1. The second kappa shape index (κ2) is 5.49. The highest BCUT2D eigenvalue weighted by Gasteiger charge is 2.06. The highest BCUT2D eigenvalue weighted by atomic mass is 35.5. The smallest absolute Gasteiger partial charge is 0.129 e. The Kier molecular flexibility index (Phi) is 3.96. The van der Waals surface area contributed by atoms with Gasteiger partial charge in [-0.25, -0.2) is 4.39 Å². The van der Waals surface area contributed by atoms with Crippen molar-refractivity contribution in [1.29, 1.82) is 0 Å². The number of hydrogen-bond acceptors (Lipinski definition) is 2. The highest BCUT2D eigenvalue weighted by molar-refractivity contribution is 6.30. The molecule has 0 atom stereocenters. The van der Waals surface area contributed by atoms with Gasteiger partial charge < -0.3 is 10.4 Å². The van der Waals surface area contributed by atoms with E-state index in [-0.39, 0.29) is 11.6 Å². The fraction of sp³-hybridized carbons (Fsp3) is 0.200. The number of aryl methyl sites for hydroxylation is 2. The van der Waals surface area contributed by atoms with Gasteiger partial charge in [0.05, 0.1) is 0 Å². The molecular weight excluding hydrogens is 265 g/mol. The second-order valence-electron chi connectivity index (χ2n) is 4.54. The van der Waals surface area contributed by atoms with Crippen LogP contribution in [0.1, 0.15) is 16.7 Å². The maximum absolute atomic E-state index is 13.6. The minimum Gasteiger partial charge on any atom is -0.508 e. The quantitative estimate of drug-likeness (QED) is 0.816. The lowest BCUT2D eigenvalue weighted by Gasteiger charge is -2.12. The molecule has 0 fully saturated rings. The molecule has 0 amide bonds. The Morgan fingerprint density at radius 2 is 1.89 bits per heavy atom. The molecule has 0 saturated carbocycles. The van der Waals surface area contributed by atoms with E-state index in [9.17, 15) is 9.50 Å². The van der Waals surface area contributed by atoms with E-state index in [0.29, 0.717) is 17.1 Å². The Balaban J connectivity index is 2.16. The molecule has 0 heterocycles. The summed E-state index contributed by atoms with van der Waals surface area (Å²) in [5, 5.41) is 13.1. The number of benzene rings is 2. The normalized spacial score (nSPS) is 10.5. The summed E-state index contributed by atoms with van der Waals surface area (Å²) in [6.07, 6.45) is 0. The summed E-state index contributed by atoms with van der Waals surface area (Å²) in [6.45, 7) is 4.08. The molecule has 0 unspecified atom stereocenters. The van der Waals surface area contributed by atoms with E-state index in [2.05, 4.69) is 5.32 Å². The number of nitrogens with one attached hydrogen (secondary N) is 1. The van der Waals surface area contributed by atoms with Crippen LogP contribution in [0.2, 0.25) is 5.02 Å². The third-order valence-corrected chi connectivity index (χ3v) is 3.26. The summed E-state index contributed by atoms with van der Waals surface area (Å²) in [6, 6.07) is 8.16. The maximum atomic E-state index is 13.6. The molecule has 2 rings (SSSR count). The van der Waals surface area contributed by atoms with E-state index in [4.69, 9.17) is 11.6 Å². The first kappa shape index (κ1) is 13.7. The van der Waals surface area contributed by atoms with Crippen LogP contribution < -0.4 is 5.32 Å². The number of rotatable bonds is 3. The number of halogens is 2. The lowest BCUT2D eigenvalue weighted by Crippen LogP contribution is -2.03. The Hall–Kier alpha value is -1.74. The molecule has 2 aromatic carbocycles. The van der Waals surface area contributed by atoms with Crippen LogP contribution in [0.15, 0.2) is 30.3 Å². The number of phenols is 1. The first-order chi connectivity index (χ1) is 8.97. The number of hydrogen-bond donors (Lipinski definition) is 2. The van der Waals surface area contributed by atoms with Gasteiger partial charge in [0.25, 0.3) is 0 Å². The van der Waals surface area contributed by atoms with Gasteiger partial charge in [-0.15, -0.1) is 0 Å². The zero-order valence-corrected chi connectivity index (χ0v) is 11.6. The predicted octanol–water partition coefficient (Wildman–Crippen LogP) is 4.41. The summed E-state index contributed by atoms with van der Waals surface area (Å²) < 4.78 is 13.6. The average Bonchev–Trinajstić information content (AvgIpc) is 2.34. The van der Waals surface area contributed by atoms with Crippen molar-refractivity contribution < 1.29 is 9.50 Å². The molecule has 2 N–H and O–H groups in total. The first-order valence-corrected chi connectivity index (χ1v) is 6.33. The Bertz CT molecular complexity index is 613. The molecule has 19 heavy (non-hydrogen) atoms. The van der Waals surface area contributed by atoms with Crippen LogP contribution in [0.5, 0.6) is 5.75 Å². The van der Waals surface area contributed by atoms with Crippen LogP contribution in [0.25, 0.3) is 0 Å². The summed E-state index contributed by atoms with van der Waals surface area (Å²) >= 11 is 5.71. The molecule has 2 aromatic rings. The van der Waals surface area contributed by atoms with Crippen molar-refractivity contribution in [3.8, 4) is 5.75 Å². The van der Waals surface area contributed by atoms with E-state index in [0.717, 1.165) is 16.8 Å². The lowest BCUT2D eigenvalue weighted by atomic mass is 10.1. The maximum Gasteiger partial charge on any atom is 0.129 e. The van der Waals surface area contributed by atoms with Gasteiger partial charge in [-0.1, -0.05) is 17.7 Å². The summed E-state index contributed by atoms with van der Waals surface area (Å²) in [7, 11) is 0. The van der Waals surface area contributed by atoms with E-state index >= 15 is 0 Å². The lowest BCUT2D eigenvalue weighted by molar-refractivity contribution is 0.471. The molecule has 0 spiro atoms. The van der Waals surface area contributed by atoms with Crippen LogP contribution in [0, 0.1) is 19.7 Å².